The molecule has 4 aromatic rings. The van der Waals surface area contributed by atoms with Crippen molar-refractivity contribution < 1.29 is 9.53 Å². The number of methoxy groups -OCH3 is 1. The molecule has 0 aliphatic rings. The summed E-state index contributed by atoms with van der Waals surface area (Å²) in [7, 11) is 1.53. The number of pyridine rings is 1. The molecule has 0 radical (unpaired) electrons. The van der Waals surface area contributed by atoms with Crippen molar-refractivity contribution in [3.63, 3.8) is 0 Å². The lowest BCUT2D eigenvalue weighted by molar-refractivity contribution is -0.116. The van der Waals surface area contributed by atoms with Crippen molar-refractivity contribution in [3.8, 4) is 5.75 Å². The monoisotopic (exact) mass is 406 g/mol. The fourth-order valence-corrected chi connectivity index (χ4v) is 3.70. The first-order chi connectivity index (χ1) is 14.0. The van der Waals surface area contributed by atoms with Gasteiger partial charge in [0, 0.05) is 15.8 Å². The van der Waals surface area contributed by atoms with Gasteiger partial charge in [-0.05, 0) is 49.4 Å². The third-order valence-electron chi connectivity index (χ3n) is 4.86. The number of ether oxygens (including phenoxy) is 1. The number of hydrogen-bond acceptors (Lipinski definition) is 3. The van der Waals surface area contributed by atoms with Gasteiger partial charge in [-0.15, -0.1) is 0 Å². The Kier molecular flexibility index (Phi) is 4.99. The molecule has 0 fully saturated rings. The second kappa shape index (κ2) is 7.60. The number of amides is 1. The van der Waals surface area contributed by atoms with Crippen molar-refractivity contribution in [2.24, 2.45) is 0 Å². The number of nitrogens with one attached hydrogen (secondary N) is 1. The molecule has 3 aromatic carbocycles. The number of fused-ring (bicyclic) bond motifs is 2. The van der Waals surface area contributed by atoms with Gasteiger partial charge in [0.05, 0.1) is 23.8 Å². The number of benzene rings is 3. The van der Waals surface area contributed by atoms with Gasteiger partial charge in [-0.1, -0.05) is 35.4 Å². The maximum Gasteiger partial charge on any atom is 0.244 e. The summed E-state index contributed by atoms with van der Waals surface area (Å²) >= 11 is 6.06. The van der Waals surface area contributed by atoms with Crippen LogP contribution in [0.1, 0.15) is 5.56 Å². The van der Waals surface area contributed by atoms with Crippen LogP contribution in [0, 0.1) is 6.92 Å². The smallest absolute Gasteiger partial charge is 0.244 e. The number of carbonyl (C=O) groups excluding carboxylic acids is 1. The Morgan fingerprint density at radius 1 is 1.03 bits per heavy atom. The minimum atomic E-state index is -0.249. The van der Waals surface area contributed by atoms with E-state index < -0.39 is 0 Å². The van der Waals surface area contributed by atoms with Crippen LogP contribution in [-0.2, 0) is 11.3 Å². The fourth-order valence-electron chi connectivity index (χ4n) is 3.52. The summed E-state index contributed by atoms with van der Waals surface area (Å²) < 4.78 is 7.16. The molecule has 0 aliphatic heterocycles. The van der Waals surface area contributed by atoms with Crippen molar-refractivity contribution in [3.05, 3.63) is 81.5 Å². The van der Waals surface area contributed by atoms with E-state index in [1.54, 1.807) is 24.3 Å². The largest absolute Gasteiger partial charge is 0.495 e. The van der Waals surface area contributed by atoms with Crippen LogP contribution in [0.25, 0.3) is 21.8 Å². The summed E-state index contributed by atoms with van der Waals surface area (Å²) in [5.74, 6) is 0.272. The lowest BCUT2D eigenvalue weighted by Gasteiger charge is -2.16. The number of halogens is 1. The van der Waals surface area contributed by atoms with Crippen LogP contribution >= 0.6 is 11.6 Å². The Morgan fingerprint density at radius 3 is 2.59 bits per heavy atom. The Morgan fingerprint density at radius 2 is 1.79 bits per heavy atom. The molecule has 5 nitrogen and oxygen atoms in total. The number of nitrogens with zero attached hydrogens (tertiary/aromatic N) is 1. The summed E-state index contributed by atoms with van der Waals surface area (Å²) in [6.07, 6.45) is 0. The highest BCUT2D eigenvalue weighted by Crippen LogP contribution is 2.28. The van der Waals surface area contributed by atoms with Gasteiger partial charge in [-0.25, -0.2) is 0 Å². The lowest BCUT2D eigenvalue weighted by Crippen LogP contribution is -2.21. The van der Waals surface area contributed by atoms with Gasteiger partial charge in [0.25, 0.3) is 0 Å². The van der Waals surface area contributed by atoms with E-state index in [4.69, 9.17) is 16.3 Å². The number of rotatable bonds is 4. The standard InChI is InChI=1S/C23H19ClN2O3/c1-14-7-9-20-17(11-14)23(28)16-5-3-4-6-19(16)26(20)13-22(27)25-18-12-15(24)8-10-21(18)29-2/h3-12H,13H2,1-2H3,(H,25,27). The Bertz CT molecular complexity index is 1310. The number of aryl methyl sites for hydroxylation is 1. The van der Waals surface area contributed by atoms with Crippen molar-refractivity contribution in [1.29, 1.82) is 0 Å². The summed E-state index contributed by atoms with van der Waals surface area (Å²) in [5, 5.41) is 4.53. The summed E-state index contributed by atoms with van der Waals surface area (Å²) in [5.41, 5.74) is 2.88. The van der Waals surface area contributed by atoms with Crippen LogP contribution in [0.2, 0.25) is 5.02 Å². The maximum atomic E-state index is 12.9. The molecule has 0 unspecified atom stereocenters. The molecule has 1 heterocycles. The minimum Gasteiger partial charge on any atom is -0.495 e. The first-order valence-corrected chi connectivity index (χ1v) is 9.51. The lowest BCUT2D eigenvalue weighted by atomic mass is 10.1. The second-order valence-electron chi connectivity index (χ2n) is 6.85. The van der Waals surface area contributed by atoms with Crippen molar-refractivity contribution in [2.75, 3.05) is 12.4 Å². The molecule has 1 aromatic heterocycles. The molecule has 4 rings (SSSR count). The predicted octanol–water partition coefficient (Wildman–Crippen LogP) is 4.76. The average Bonchev–Trinajstić information content (AvgIpc) is 2.71. The number of para-hydroxylation sites is 1. The predicted molar refractivity (Wildman–Crippen MR) is 117 cm³/mol. The molecule has 146 valence electrons. The molecule has 0 atom stereocenters. The minimum absolute atomic E-state index is 0.0348. The molecule has 0 aliphatic carbocycles. The van der Waals surface area contributed by atoms with Gasteiger partial charge >= 0.3 is 0 Å². The molecule has 0 saturated heterocycles. The van der Waals surface area contributed by atoms with Crippen LogP contribution in [0.4, 0.5) is 5.69 Å². The van der Waals surface area contributed by atoms with E-state index in [0.717, 1.165) is 5.56 Å². The number of hydrogen-bond donors (Lipinski definition) is 1. The molecule has 0 spiro atoms. The highest BCUT2D eigenvalue weighted by atomic mass is 35.5. The van der Waals surface area contributed by atoms with Gasteiger partial charge in [-0.3, -0.25) is 9.59 Å². The highest BCUT2D eigenvalue weighted by Gasteiger charge is 2.15. The number of aromatic nitrogens is 1. The van der Waals surface area contributed by atoms with Crippen LogP contribution in [0.3, 0.4) is 0 Å². The Labute approximate surface area is 172 Å². The zero-order valence-electron chi connectivity index (χ0n) is 16.0. The van der Waals surface area contributed by atoms with E-state index in [9.17, 15) is 9.59 Å². The Balaban J connectivity index is 1.81. The molecule has 6 heteroatoms. The van der Waals surface area contributed by atoms with Crippen molar-refractivity contribution in [1.82, 2.24) is 4.57 Å². The first-order valence-electron chi connectivity index (χ1n) is 9.13. The molecule has 1 amide bonds. The van der Waals surface area contributed by atoms with Gasteiger partial charge in [0.2, 0.25) is 5.91 Å². The van der Waals surface area contributed by atoms with E-state index in [1.165, 1.54) is 7.11 Å². The van der Waals surface area contributed by atoms with Gasteiger partial charge in [0.15, 0.2) is 5.43 Å². The molecule has 0 bridgehead atoms. The van der Waals surface area contributed by atoms with E-state index in [0.29, 0.717) is 38.3 Å². The quantitative estimate of drug-likeness (QED) is 0.497. The van der Waals surface area contributed by atoms with Crippen LogP contribution in [0.5, 0.6) is 5.75 Å². The highest BCUT2D eigenvalue weighted by molar-refractivity contribution is 6.31. The van der Waals surface area contributed by atoms with E-state index in [-0.39, 0.29) is 17.9 Å². The molecule has 0 saturated carbocycles. The van der Waals surface area contributed by atoms with Crippen molar-refractivity contribution >= 4 is 45.0 Å². The first kappa shape index (κ1) is 19.0. The normalized spacial score (nSPS) is 11.0. The Hall–Kier alpha value is -3.31. The number of anilines is 1. The molecule has 1 N–H and O–H groups in total. The van der Waals surface area contributed by atoms with E-state index in [1.807, 2.05) is 47.9 Å². The van der Waals surface area contributed by atoms with Gasteiger partial charge in [-0.2, -0.15) is 0 Å². The van der Waals surface area contributed by atoms with Crippen LogP contribution < -0.4 is 15.5 Å². The molecular weight excluding hydrogens is 388 g/mol. The maximum absolute atomic E-state index is 12.9. The average molecular weight is 407 g/mol. The van der Waals surface area contributed by atoms with Crippen LogP contribution in [-0.4, -0.2) is 17.6 Å². The second-order valence-corrected chi connectivity index (χ2v) is 7.28. The zero-order chi connectivity index (χ0) is 20.5. The fraction of sp³-hybridized carbons (Fsp3) is 0.130. The topological polar surface area (TPSA) is 60.3 Å². The molecule has 29 heavy (non-hydrogen) atoms. The van der Waals surface area contributed by atoms with Gasteiger partial charge in [0.1, 0.15) is 12.3 Å². The number of carbonyl (C=O) groups is 1. The summed E-state index contributed by atoms with van der Waals surface area (Å²) in [4.78, 5) is 25.8. The van der Waals surface area contributed by atoms with E-state index in [2.05, 4.69) is 5.32 Å². The van der Waals surface area contributed by atoms with Crippen molar-refractivity contribution in [2.45, 2.75) is 13.5 Å². The van der Waals surface area contributed by atoms with Gasteiger partial charge < -0.3 is 14.6 Å². The third-order valence-corrected chi connectivity index (χ3v) is 5.10. The third kappa shape index (κ3) is 3.57. The molecular formula is C23H19ClN2O3. The zero-order valence-corrected chi connectivity index (χ0v) is 16.8. The summed E-state index contributed by atoms with van der Waals surface area (Å²) in [6.45, 7) is 1.98. The SMILES string of the molecule is COc1ccc(Cl)cc1NC(=O)Cn1c2ccccc2c(=O)c2cc(C)ccc21. The van der Waals surface area contributed by atoms with E-state index >= 15 is 0 Å². The summed E-state index contributed by atoms with van der Waals surface area (Å²) in [6, 6.07) is 18.0. The van der Waals surface area contributed by atoms with Crippen LogP contribution in [0.15, 0.2) is 65.5 Å².